The Morgan fingerprint density at radius 1 is 1.38 bits per heavy atom. The highest BCUT2D eigenvalue weighted by molar-refractivity contribution is 7.91. The maximum Gasteiger partial charge on any atom is 0.163 e. The summed E-state index contributed by atoms with van der Waals surface area (Å²) in [7, 11) is -0.954. The lowest BCUT2D eigenvalue weighted by atomic mass is 10.1. The van der Waals surface area contributed by atoms with Crippen molar-refractivity contribution in [2.24, 2.45) is 0 Å². The van der Waals surface area contributed by atoms with Gasteiger partial charge in [0.05, 0.1) is 17.1 Å². The molecule has 6 heteroatoms. The molecule has 116 valence electrons. The predicted octanol–water partition coefficient (Wildman–Crippen LogP) is 1.39. The molecule has 1 aromatic rings. The first-order valence-electron chi connectivity index (χ1n) is 7.02. The van der Waals surface area contributed by atoms with Gasteiger partial charge in [-0.05, 0) is 32.5 Å². The highest BCUT2D eigenvalue weighted by atomic mass is 32.2. The van der Waals surface area contributed by atoms with Crippen LogP contribution in [0.15, 0.2) is 24.3 Å². The second-order valence-corrected chi connectivity index (χ2v) is 7.67. The number of hydrogen-bond acceptors (Lipinski definition) is 5. The van der Waals surface area contributed by atoms with Gasteiger partial charge in [0.25, 0.3) is 0 Å². The molecule has 0 aromatic heterocycles. The van der Waals surface area contributed by atoms with E-state index < -0.39 is 9.84 Å². The summed E-state index contributed by atoms with van der Waals surface area (Å²) < 4.78 is 28.6. The van der Waals surface area contributed by atoms with E-state index in [0.29, 0.717) is 30.9 Å². The second-order valence-electron chi connectivity index (χ2n) is 5.44. The van der Waals surface area contributed by atoms with Crippen LogP contribution in [0.3, 0.4) is 0 Å². The number of carbonyl (C=O) groups excluding carboxylic acids is 1. The number of Topliss-reactive ketones (excluding diaryl/α,β-unsaturated/α-hetero) is 1. The van der Waals surface area contributed by atoms with E-state index in [1.165, 1.54) is 6.92 Å². The van der Waals surface area contributed by atoms with Crippen molar-refractivity contribution >= 4 is 15.6 Å². The number of rotatable bonds is 6. The molecule has 0 bridgehead atoms. The zero-order chi connectivity index (χ0) is 15.5. The lowest BCUT2D eigenvalue weighted by molar-refractivity contribution is 0.101. The molecule has 1 heterocycles. The second kappa shape index (κ2) is 6.58. The number of ketones is 1. The molecule has 0 aliphatic carbocycles. The summed E-state index contributed by atoms with van der Waals surface area (Å²) in [5.74, 6) is 1.06. The highest BCUT2D eigenvalue weighted by Gasteiger charge is 2.30. The third-order valence-electron chi connectivity index (χ3n) is 3.80. The highest BCUT2D eigenvalue weighted by Crippen LogP contribution is 2.19. The van der Waals surface area contributed by atoms with E-state index in [-0.39, 0.29) is 23.3 Å². The lowest BCUT2D eigenvalue weighted by Gasteiger charge is -2.23. The summed E-state index contributed by atoms with van der Waals surface area (Å²) in [4.78, 5) is 13.5. The molecule has 0 radical (unpaired) electrons. The molecule has 1 saturated heterocycles. The molecule has 1 fully saturated rings. The van der Waals surface area contributed by atoms with E-state index in [1.807, 2.05) is 18.0 Å². The Bertz CT molecular complexity index is 612. The fourth-order valence-electron chi connectivity index (χ4n) is 2.49. The minimum absolute atomic E-state index is 0.0270. The van der Waals surface area contributed by atoms with E-state index in [4.69, 9.17) is 4.74 Å². The number of nitrogens with zero attached hydrogens (tertiary/aromatic N) is 1. The quantitative estimate of drug-likeness (QED) is 0.743. The van der Waals surface area contributed by atoms with Crippen LogP contribution in [0.2, 0.25) is 0 Å². The summed E-state index contributed by atoms with van der Waals surface area (Å²) in [6.45, 7) is 2.57. The smallest absolute Gasteiger partial charge is 0.163 e. The third-order valence-corrected chi connectivity index (χ3v) is 5.55. The van der Waals surface area contributed by atoms with Gasteiger partial charge in [-0.25, -0.2) is 8.42 Å². The molecule has 1 aliphatic rings. The fourth-order valence-corrected chi connectivity index (χ4v) is 4.29. The molecule has 21 heavy (non-hydrogen) atoms. The first-order valence-corrected chi connectivity index (χ1v) is 8.84. The average Bonchev–Trinajstić information content (AvgIpc) is 2.79. The van der Waals surface area contributed by atoms with Crippen LogP contribution in [0, 0.1) is 0 Å². The van der Waals surface area contributed by atoms with Crippen molar-refractivity contribution in [3.8, 4) is 5.75 Å². The SMILES string of the molecule is CC(=O)c1ccccc1OCCN(C)[C@H]1CCS(=O)(=O)C1. The van der Waals surface area contributed by atoms with Gasteiger partial charge in [-0.1, -0.05) is 12.1 Å². The summed E-state index contributed by atoms with van der Waals surface area (Å²) >= 11 is 0. The Hall–Kier alpha value is -1.40. The summed E-state index contributed by atoms with van der Waals surface area (Å²) in [5.41, 5.74) is 0.573. The Morgan fingerprint density at radius 3 is 2.71 bits per heavy atom. The number of ether oxygens (including phenoxy) is 1. The van der Waals surface area contributed by atoms with Crippen LogP contribution in [0.1, 0.15) is 23.7 Å². The zero-order valence-corrected chi connectivity index (χ0v) is 13.2. The molecule has 1 aliphatic heterocycles. The van der Waals surface area contributed by atoms with Crippen LogP contribution in [-0.4, -0.2) is 56.8 Å². The largest absolute Gasteiger partial charge is 0.491 e. The van der Waals surface area contributed by atoms with E-state index in [1.54, 1.807) is 18.2 Å². The van der Waals surface area contributed by atoms with Crippen LogP contribution in [0.5, 0.6) is 5.75 Å². The third kappa shape index (κ3) is 4.28. The van der Waals surface area contributed by atoms with E-state index in [0.717, 1.165) is 0 Å². The van der Waals surface area contributed by atoms with Gasteiger partial charge < -0.3 is 4.74 Å². The van der Waals surface area contributed by atoms with Gasteiger partial charge in [0.2, 0.25) is 0 Å². The molecule has 0 unspecified atom stereocenters. The van der Waals surface area contributed by atoms with Crippen LogP contribution in [0.4, 0.5) is 0 Å². The Morgan fingerprint density at radius 2 is 2.10 bits per heavy atom. The first-order chi connectivity index (χ1) is 9.89. The molecule has 1 atom stereocenters. The molecule has 0 amide bonds. The molecular weight excluding hydrogens is 290 g/mol. The van der Waals surface area contributed by atoms with Gasteiger partial charge in [-0.3, -0.25) is 9.69 Å². The standard InChI is InChI=1S/C15H21NO4S/c1-12(17)14-5-3-4-6-15(14)20-9-8-16(2)13-7-10-21(18,19)11-13/h3-6,13H,7-11H2,1-2H3/t13-/m0/s1. The van der Waals surface area contributed by atoms with Crippen LogP contribution in [0.25, 0.3) is 0 Å². The van der Waals surface area contributed by atoms with Gasteiger partial charge in [0.1, 0.15) is 12.4 Å². The number of hydrogen-bond donors (Lipinski definition) is 0. The van der Waals surface area contributed by atoms with E-state index >= 15 is 0 Å². The predicted molar refractivity (Wildman–Crippen MR) is 81.6 cm³/mol. The summed E-state index contributed by atoms with van der Waals surface area (Å²) in [6, 6.07) is 7.22. The first kappa shape index (κ1) is 16.0. The van der Waals surface area contributed by atoms with Crippen molar-refractivity contribution in [1.29, 1.82) is 0 Å². The maximum absolute atomic E-state index is 11.5. The molecule has 0 spiro atoms. The molecule has 0 N–H and O–H groups in total. The van der Waals surface area contributed by atoms with Gasteiger partial charge in [-0.15, -0.1) is 0 Å². The topological polar surface area (TPSA) is 63.7 Å². The van der Waals surface area contributed by atoms with Crippen molar-refractivity contribution in [2.75, 3.05) is 31.7 Å². The average molecular weight is 311 g/mol. The molecule has 2 rings (SSSR count). The summed E-state index contributed by atoms with van der Waals surface area (Å²) in [6.07, 6.45) is 0.683. The van der Waals surface area contributed by atoms with Crippen molar-refractivity contribution in [1.82, 2.24) is 4.90 Å². The van der Waals surface area contributed by atoms with Crippen molar-refractivity contribution in [3.05, 3.63) is 29.8 Å². The van der Waals surface area contributed by atoms with Crippen molar-refractivity contribution in [2.45, 2.75) is 19.4 Å². The summed E-state index contributed by atoms with van der Waals surface area (Å²) in [5, 5.41) is 0. The van der Waals surface area contributed by atoms with Gasteiger partial charge in [0.15, 0.2) is 15.6 Å². The minimum atomic E-state index is -2.86. The van der Waals surface area contributed by atoms with Crippen molar-refractivity contribution in [3.63, 3.8) is 0 Å². The Balaban J connectivity index is 1.86. The monoisotopic (exact) mass is 311 g/mol. The lowest BCUT2D eigenvalue weighted by Crippen LogP contribution is -2.35. The molecule has 0 saturated carbocycles. The van der Waals surface area contributed by atoms with Crippen LogP contribution >= 0.6 is 0 Å². The van der Waals surface area contributed by atoms with Crippen molar-refractivity contribution < 1.29 is 17.9 Å². The van der Waals surface area contributed by atoms with Gasteiger partial charge in [0, 0.05) is 12.6 Å². The van der Waals surface area contributed by atoms with E-state index in [2.05, 4.69) is 0 Å². The normalized spacial score (nSPS) is 20.6. The number of benzene rings is 1. The number of carbonyl (C=O) groups is 1. The van der Waals surface area contributed by atoms with Crippen LogP contribution in [-0.2, 0) is 9.84 Å². The molecule has 1 aromatic carbocycles. The maximum atomic E-state index is 11.5. The van der Waals surface area contributed by atoms with Crippen LogP contribution < -0.4 is 4.74 Å². The zero-order valence-electron chi connectivity index (χ0n) is 12.4. The Labute approximate surface area is 125 Å². The number of para-hydroxylation sites is 1. The van der Waals surface area contributed by atoms with Gasteiger partial charge >= 0.3 is 0 Å². The molecular formula is C15H21NO4S. The number of likely N-dealkylation sites (N-methyl/N-ethyl adjacent to an activating group) is 1. The minimum Gasteiger partial charge on any atom is -0.491 e. The van der Waals surface area contributed by atoms with E-state index in [9.17, 15) is 13.2 Å². The molecule has 5 nitrogen and oxygen atoms in total. The van der Waals surface area contributed by atoms with Gasteiger partial charge in [-0.2, -0.15) is 0 Å². The number of sulfone groups is 1. The fraction of sp³-hybridized carbons (Fsp3) is 0.533. The Kier molecular flexibility index (Phi) is 5.00.